The SMILES string of the molecule is CCCCNCCCCC(=O)[O-].[NH4+]. The second-order valence-corrected chi connectivity index (χ2v) is 2.93. The Hall–Kier alpha value is -0.610. The van der Waals surface area contributed by atoms with Gasteiger partial charge in [-0.15, -0.1) is 0 Å². The highest BCUT2D eigenvalue weighted by Crippen LogP contribution is 1.92. The van der Waals surface area contributed by atoms with Gasteiger partial charge in [-0.2, -0.15) is 0 Å². The number of hydrogen-bond acceptors (Lipinski definition) is 3. The molecule has 4 nitrogen and oxygen atoms in total. The standard InChI is InChI=1S/C9H19NO2.H3N/c1-2-3-7-10-8-5-4-6-9(11)12;/h10H,2-8H2,1H3,(H,11,12);1H3. The Kier molecular flexibility index (Phi) is 13.0. The van der Waals surface area contributed by atoms with Crippen molar-refractivity contribution in [3.05, 3.63) is 0 Å². The van der Waals surface area contributed by atoms with Crippen LogP contribution in [0.1, 0.15) is 39.0 Å². The van der Waals surface area contributed by atoms with E-state index in [0.29, 0.717) is 0 Å². The minimum Gasteiger partial charge on any atom is -0.550 e. The molecule has 5 N–H and O–H groups in total. The molecule has 0 fully saturated rings. The minimum absolute atomic E-state index is 0. The molecule has 0 bridgehead atoms. The van der Waals surface area contributed by atoms with Crippen LogP contribution in [0.25, 0.3) is 0 Å². The summed E-state index contributed by atoms with van der Waals surface area (Å²) in [7, 11) is 0. The molecule has 0 aliphatic heterocycles. The van der Waals surface area contributed by atoms with Crippen molar-refractivity contribution < 1.29 is 9.90 Å². The highest BCUT2D eigenvalue weighted by Gasteiger charge is 1.89. The number of aliphatic carboxylic acids is 1. The number of carbonyl (C=O) groups excluding carboxylic acids is 1. The van der Waals surface area contributed by atoms with Crippen LogP contribution in [0.5, 0.6) is 0 Å². The van der Waals surface area contributed by atoms with Crippen molar-refractivity contribution in [2.75, 3.05) is 13.1 Å². The highest BCUT2D eigenvalue weighted by molar-refractivity contribution is 5.64. The molecule has 0 aliphatic rings. The molecular formula is C9H22N2O2. The van der Waals surface area contributed by atoms with Gasteiger partial charge in [0.1, 0.15) is 0 Å². The number of quaternary nitrogens is 1. The fraction of sp³-hybridized carbons (Fsp3) is 0.889. The lowest BCUT2D eigenvalue weighted by molar-refractivity contribution is -0.305. The predicted molar refractivity (Wildman–Crippen MR) is 52.6 cm³/mol. The lowest BCUT2D eigenvalue weighted by atomic mass is 10.2. The van der Waals surface area contributed by atoms with Crippen molar-refractivity contribution in [1.29, 1.82) is 0 Å². The van der Waals surface area contributed by atoms with Crippen molar-refractivity contribution in [3.8, 4) is 0 Å². The Labute approximate surface area is 80.3 Å². The van der Waals surface area contributed by atoms with Crippen LogP contribution < -0.4 is 16.6 Å². The zero-order valence-corrected chi connectivity index (χ0v) is 8.77. The molecule has 0 aliphatic carbocycles. The molecule has 0 aromatic carbocycles. The largest absolute Gasteiger partial charge is 0.550 e. The Morgan fingerprint density at radius 3 is 2.38 bits per heavy atom. The third-order valence-corrected chi connectivity index (χ3v) is 1.69. The molecule has 0 spiro atoms. The Morgan fingerprint density at radius 1 is 1.23 bits per heavy atom. The number of rotatable bonds is 8. The molecule has 0 heterocycles. The topological polar surface area (TPSA) is 88.7 Å². The van der Waals surface area contributed by atoms with Crippen LogP contribution in [0.15, 0.2) is 0 Å². The summed E-state index contributed by atoms with van der Waals surface area (Å²) in [5.74, 6) is -0.941. The van der Waals surface area contributed by atoms with Crippen LogP contribution in [0.3, 0.4) is 0 Å². The molecule has 0 atom stereocenters. The summed E-state index contributed by atoms with van der Waals surface area (Å²) in [5.41, 5.74) is 0. The molecule has 0 amide bonds. The van der Waals surface area contributed by atoms with Gasteiger partial charge in [-0.1, -0.05) is 13.3 Å². The summed E-state index contributed by atoms with van der Waals surface area (Å²) in [6, 6.07) is 0. The van der Waals surface area contributed by atoms with Crippen molar-refractivity contribution >= 4 is 5.97 Å². The van der Waals surface area contributed by atoms with Crippen LogP contribution in [0, 0.1) is 0 Å². The maximum absolute atomic E-state index is 10.0. The predicted octanol–water partition coefficient (Wildman–Crippen LogP) is 0.673. The van der Waals surface area contributed by atoms with E-state index >= 15 is 0 Å². The number of carboxylic acids is 1. The first-order valence-corrected chi connectivity index (χ1v) is 4.68. The van der Waals surface area contributed by atoms with E-state index in [4.69, 9.17) is 0 Å². The zero-order valence-electron chi connectivity index (χ0n) is 8.77. The van der Waals surface area contributed by atoms with Gasteiger partial charge in [0, 0.05) is 5.97 Å². The summed E-state index contributed by atoms with van der Waals surface area (Å²) in [5, 5.41) is 13.2. The van der Waals surface area contributed by atoms with Gasteiger partial charge in [0.2, 0.25) is 0 Å². The van der Waals surface area contributed by atoms with E-state index < -0.39 is 5.97 Å². The molecule has 0 saturated heterocycles. The molecule has 0 radical (unpaired) electrons. The van der Waals surface area contributed by atoms with Gasteiger partial charge in [-0.3, -0.25) is 0 Å². The zero-order chi connectivity index (χ0) is 9.23. The van der Waals surface area contributed by atoms with E-state index in [1.165, 1.54) is 12.8 Å². The summed E-state index contributed by atoms with van der Waals surface area (Å²) in [4.78, 5) is 10.0. The number of nitrogens with one attached hydrogen (secondary N) is 1. The third-order valence-electron chi connectivity index (χ3n) is 1.69. The number of hydrogen-bond donors (Lipinski definition) is 2. The Bertz CT molecular complexity index is 118. The summed E-state index contributed by atoms with van der Waals surface area (Å²) < 4.78 is 0. The first-order chi connectivity index (χ1) is 5.77. The van der Waals surface area contributed by atoms with Crippen LogP contribution in [-0.4, -0.2) is 19.1 Å². The number of carbonyl (C=O) groups is 1. The third kappa shape index (κ3) is 14.3. The maximum Gasteiger partial charge on any atom is 0.0414 e. The first-order valence-electron chi connectivity index (χ1n) is 4.68. The number of unbranched alkanes of at least 4 members (excludes halogenated alkanes) is 2. The molecule has 0 aromatic heterocycles. The van der Waals surface area contributed by atoms with Crippen molar-refractivity contribution in [1.82, 2.24) is 11.5 Å². The van der Waals surface area contributed by atoms with Crippen LogP contribution >= 0.6 is 0 Å². The summed E-state index contributed by atoms with van der Waals surface area (Å²) >= 11 is 0. The smallest absolute Gasteiger partial charge is 0.0414 e. The van der Waals surface area contributed by atoms with Gasteiger partial charge in [0.15, 0.2) is 0 Å². The normalized spacial score (nSPS) is 9.31. The van der Waals surface area contributed by atoms with Gasteiger partial charge in [-0.05, 0) is 38.8 Å². The van der Waals surface area contributed by atoms with Gasteiger partial charge >= 0.3 is 0 Å². The molecule has 80 valence electrons. The van der Waals surface area contributed by atoms with E-state index in [1.54, 1.807) is 0 Å². The minimum atomic E-state index is -0.941. The molecule has 0 aromatic rings. The van der Waals surface area contributed by atoms with Crippen LogP contribution in [-0.2, 0) is 4.79 Å². The monoisotopic (exact) mass is 190 g/mol. The lowest BCUT2D eigenvalue weighted by Crippen LogP contribution is -2.22. The fourth-order valence-corrected chi connectivity index (χ4v) is 0.946. The number of carboxylic acid groups (broad SMARTS) is 1. The average molecular weight is 190 g/mol. The molecule has 0 unspecified atom stereocenters. The van der Waals surface area contributed by atoms with Crippen molar-refractivity contribution in [2.45, 2.75) is 39.0 Å². The second kappa shape index (κ2) is 11.4. The molecular weight excluding hydrogens is 168 g/mol. The fourth-order valence-electron chi connectivity index (χ4n) is 0.946. The molecule has 0 saturated carbocycles. The highest BCUT2D eigenvalue weighted by atomic mass is 16.4. The van der Waals surface area contributed by atoms with E-state index in [-0.39, 0.29) is 12.6 Å². The van der Waals surface area contributed by atoms with E-state index in [9.17, 15) is 9.90 Å². The van der Waals surface area contributed by atoms with Crippen LogP contribution in [0.4, 0.5) is 0 Å². The second-order valence-electron chi connectivity index (χ2n) is 2.93. The van der Waals surface area contributed by atoms with Crippen LogP contribution in [0.2, 0.25) is 0 Å². The Balaban J connectivity index is 0. The van der Waals surface area contributed by atoms with Gasteiger partial charge in [0.05, 0.1) is 0 Å². The van der Waals surface area contributed by atoms with Gasteiger partial charge < -0.3 is 21.4 Å². The molecule has 13 heavy (non-hydrogen) atoms. The summed E-state index contributed by atoms with van der Waals surface area (Å²) in [6.45, 7) is 4.12. The molecule has 0 rings (SSSR count). The summed E-state index contributed by atoms with van der Waals surface area (Å²) in [6.07, 6.45) is 4.24. The van der Waals surface area contributed by atoms with Gasteiger partial charge in [0.25, 0.3) is 0 Å². The van der Waals surface area contributed by atoms with Gasteiger partial charge in [-0.25, -0.2) is 0 Å². The molecule has 4 heteroatoms. The van der Waals surface area contributed by atoms with Crippen molar-refractivity contribution in [3.63, 3.8) is 0 Å². The average Bonchev–Trinajstić information content (AvgIpc) is 2.02. The van der Waals surface area contributed by atoms with E-state index in [1.807, 2.05) is 0 Å². The lowest BCUT2D eigenvalue weighted by Gasteiger charge is -2.03. The van der Waals surface area contributed by atoms with E-state index in [2.05, 4.69) is 12.2 Å². The van der Waals surface area contributed by atoms with Crippen molar-refractivity contribution in [2.24, 2.45) is 0 Å². The first kappa shape index (κ1) is 14.9. The maximum atomic E-state index is 10.0. The van der Waals surface area contributed by atoms with E-state index in [0.717, 1.165) is 25.9 Å². The quantitative estimate of drug-likeness (QED) is 0.551. The Morgan fingerprint density at radius 2 is 1.85 bits per heavy atom.